The lowest BCUT2D eigenvalue weighted by atomic mass is 9.93. The van der Waals surface area contributed by atoms with E-state index in [1.807, 2.05) is 0 Å². The van der Waals surface area contributed by atoms with Crippen LogP contribution in [0.1, 0.15) is 0 Å². The van der Waals surface area contributed by atoms with Gasteiger partial charge in [-0.05, 0) is 124 Å². The first-order valence-corrected chi connectivity index (χ1v) is 23.1. The van der Waals surface area contributed by atoms with E-state index in [1.165, 1.54) is 115 Å². The van der Waals surface area contributed by atoms with Crippen LogP contribution in [0.5, 0.6) is 0 Å². The van der Waals surface area contributed by atoms with Gasteiger partial charge in [-0.1, -0.05) is 164 Å². The molecule has 0 aliphatic rings. The predicted octanol–water partition coefficient (Wildman–Crippen LogP) is 17.1. The molecule has 0 fully saturated rings. The minimum absolute atomic E-state index is 1.14. The lowest BCUT2D eigenvalue weighted by Crippen LogP contribution is -1.97. The van der Waals surface area contributed by atoms with Crippen molar-refractivity contribution in [3.8, 4) is 50.4 Å². The fourth-order valence-corrected chi connectivity index (χ4v) is 11.0. The van der Waals surface area contributed by atoms with Gasteiger partial charge in [-0.3, -0.25) is 0 Å². The molecule has 0 aliphatic carbocycles. The van der Waals surface area contributed by atoms with Gasteiger partial charge in [0.25, 0.3) is 0 Å². The zero-order valence-corrected chi connectivity index (χ0v) is 36.5. The number of hydrogen-bond donors (Lipinski definition) is 0. The number of rotatable bonds is 6. The molecule has 3 heteroatoms. The van der Waals surface area contributed by atoms with E-state index < -0.39 is 0 Å². The van der Waals surface area contributed by atoms with Crippen molar-refractivity contribution in [3.63, 3.8) is 0 Å². The van der Waals surface area contributed by atoms with Gasteiger partial charge in [0.1, 0.15) is 0 Å². The molecular formula is C64H41N3. The van der Waals surface area contributed by atoms with Crippen molar-refractivity contribution in [2.75, 3.05) is 0 Å². The van der Waals surface area contributed by atoms with Crippen LogP contribution in [0.4, 0.5) is 0 Å². The molecule has 0 amide bonds. The number of fused-ring (bicyclic) bond motifs is 11. The molecule has 11 aromatic carbocycles. The van der Waals surface area contributed by atoms with Gasteiger partial charge >= 0.3 is 0 Å². The summed E-state index contributed by atoms with van der Waals surface area (Å²) in [6.45, 7) is 0. The minimum atomic E-state index is 1.14. The Balaban J connectivity index is 0.960. The van der Waals surface area contributed by atoms with E-state index in [2.05, 4.69) is 262 Å². The molecule has 3 aromatic heterocycles. The first kappa shape index (κ1) is 37.5. The van der Waals surface area contributed by atoms with Gasteiger partial charge in [0.2, 0.25) is 0 Å². The van der Waals surface area contributed by atoms with Gasteiger partial charge in [0, 0.05) is 54.9 Å². The van der Waals surface area contributed by atoms with Crippen molar-refractivity contribution >= 4 is 76.2 Å². The van der Waals surface area contributed by atoms with Crippen molar-refractivity contribution in [3.05, 3.63) is 249 Å². The summed E-state index contributed by atoms with van der Waals surface area (Å²) in [5, 5.41) is 10.0. The van der Waals surface area contributed by atoms with E-state index in [-0.39, 0.29) is 0 Å². The molecule has 312 valence electrons. The van der Waals surface area contributed by atoms with Gasteiger partial charge in [0.15, 0.2) is 0 Å². The van der Waals surface area contributed by atoms with Crippen molar-refractivity contribution in [1.82, 2.24) is 13.7 Å². The molecule has 0 aliphatic heterocycles. The van der Waals surface area contributed by atoms with Crippen LogP contribution < -0.4 is 0 Å². The standard InChI is InChI=1S/C64H41N3/c1-3-16-48(17-4-1)65-60-26-14-11-23-54(60)56-39-46(34-37-61(56)65)42-27-29-43(30-28-42)47-40-55(45-31-35-50(36-32-45)66-58-24-12-9-21-52(58)53-22-10-13-25-59(53)66)64-57(41-47)63-51-20-8-7-15-44(51)33-38-62(63)67(64)49-18-5-2-6-19-49/h1-41H. The highest BCUT2D eigenvalue weighted by molar-refractivity contribution is 6.24. The summed E-state index contributed by atoms with van der Waals surface area (Å²) in [5.41, 5.74) is 17.8. The van der Waals surface area contributed by atoms with E-state index in [1.54, 1.807) is 0 Å². The topological polar surface area (TPSA) is 14.8 Å². The van der Waals surface area contributed by atoms with Gasteiger partial charge in [-0.25, -0.2) is 0 Å². The number of para-hydroxylation sites is 5. The number of benzene rings is 11. The SMILES string of the molecule is c1ccc(-n2c3ccccc3c3cc(-c4ccc(-c5cc(-c6ccc(-n7c8ccccc8c8ccccc87)cc6)c6c(c5)c5c7ccccc7ccc5n6-c5ccccc5)cc4)ccc32)cc1. The van der Waals surface area contributed by atoms with Crippen molar-refractivity contribution in [1.29, 1.82) is 0 Å². The fraction of sp³-hybridized carbons (Fsp3) is 0. The lowest BCUT2D eigenvalue weighted by molar-refractivity contribution is 1.18. The summed E-state index contributed by atoms with van der Waals surface area (Å²) in [6, 6.07) is 91.3. The maximum absolute atomic E-state index is 2.48. The van der Waals surface area contributed by atoms with E-state index in [0.717, 1.165) is 11.4 Å². The lowest BCUT2D eigenvalue weighted by Gasteiger charge is -2.15. The molecule has 0 N–H and O–H groups in total. The molecular weight excluding hydrogens is 811 g/mol. The van der Waals surface area contributed by atoms with Crippen molar-refractivity contribution < 1.29 is 0 Å². The van der Waals surface area contributed by atoms with Crippen LogP contribution >= 0.6 is 0 Å². The summed E-state index contributed by atoms with van der Waals surface area (Å²) in [6.07, 6.45) is 0. The van der Waals surface area contributed by atoms with Gasteiger partial charge in [-0.15, -0.1) is 0 Å². The molecule has 0 radical (unpaired) electrons. The Labute approximate surface area is 387 Å². The zero-order chi connectivity index (χ0) is 44.0. The van der Waals surface area contributed by atoms with Crippen molar-refractivity contribution in [2.24, 2.45) is 0 Å². The molecule has 0 saturated carbocycles. The van der Waals surface area contributed by atoms with Crippen LogP contribution in [0.25, 0.3) is 127 Å². The Morgan fingerprint density at radius 1 is 0.224 bits per heavy atom. The second-order valence-electron chi connectivity index (χ2n) is 17.7. The minimum Gasteiger partial charge on any atom is -0.309 e. The highest BCUT2D eigenvalue weighted by Crippen LogP contribution is 2.45. The predicted molar refractivity (Wildman–Crippen MR) is 283 cm³/mol. The largest absolute Gasteiger partial charge is 0.309 e. The Morgan fingerprint density at radius 2 is 0.657 bits per heavy atom. The third-order valence-electron chi connectivity index (χ3n) is 14.0. The monoisotopic (exact) mass is 851 g/mol. The van der Waals surface area contributed by atoms with Gasteiger partial charge in [-0.2, -0.15) is 0 Å². The average Bonchev–Trinajstić information content (AvgIpc) is 4.05. The summed E-state index contributed by atoms with van der Waals surface area (Å²) in [5.74, 6) is 0. The average molecular weight is 852 g/mol. The second kappa shape index (κ2) is 14.8. The zero-order valence-electron chi connectivity index (χ0n) is 36.5. The van der Waals surface area contributed by atoms with E-state index in [4.69, 9.17) is 0 Å². The third-order valence-corrected chi connectivity index (χ3v) is 14.0. The first-order chi connectivity index (χ1) is 33.2. The van der Waals surface area contributed by atoms with Crippen LogP contribution in [-0.2, 0) is 0 Å². The summed E-state index contributed by atoms with van der Waals surface area (Å²) < 4.78 is 7.25. The normalized spacial score (nSPS) is 11.9. The highest BCUT2D eigenvalue weighted by Gasteiger charge is 2.21. The first-order valence-electron chi connectivity index (χ1n) is 23.1. The van der Waals surface area contributed by atoms with E-state index >= 15 is 0 Å². The molecule has 0 bridgehead atoms. The van der Waals surface area contributed by atoms with E-state index in [9.17, 15) is 0 Å². The second-order valence-corrected chi connectivity index (χ2v) is 17.7. The molecule has 0 atom stereocenters. The maximum Gasteiger partial charge on any atom is 0.0620 e. The van der Waals surface area contributed by atoms with Crippen LogP contribution in [0, 0.1) is 0 Å². The Kier molecular flexibility index (Phi) is 8.28. The number of nitrogens with zero attached hydrogens (tertiary/aromatic N) is 3. The fourth-order valence-electron chi connectivity index (χ4n) is 11.0. The molecule has 67 heavy (non-hydrogen) atoms. The quantitative estimate of drug-likeness (QED) is 0.158. The van der Waals surface area contributed by atoms with Gasteiger partial charge < -0.3 is 13.7 Å². The Bertz CT molecular complexity index is 4170. The van der Waals surface area contributed by atoms with Gasteiger partial charge in [0.05, 0.1) is 33.1 Å². The maximum atomic E-state index is 2.48. The van der Waals surface area contributed by atoms with Crippen LogP contribution in [0.2, 0.25) is 0 Å². The van der Waals surface area contributed by atoms with E-state index in [0.29, 0.717) is 0 Å². The van der Waals surface area contributed by atoms with Crippen LogP contribution in [0.3, 0.4) is 0 Å². The Morgan fingerprint density at radius 3 is 1.28 bits per heavy atom. The molecule has 3 heterocycles. The highest BCUT2D eigenvalue weighted by atomic mass is 15.0. The smallest absolute Gasteiger partial charge is 0.0620 e. The Hall–Kier alpha value is -8.92. The number of aromatic nitrogens is 3. The molecule has 0 unspecified atom stereocenters. The van der Waals surface area contributed by atoms with Crippen molar-refractivity contribution in [2.45, 2.75) is 0 Å². The molecule has 3 nitrogen and oxygen atoms in total. The molecule has 0 spiro atoms. The third kappa shape index (κ3) is 5.78. The summed E-state index contributed by atoms with van der Waals surface area (Å²) in [7, 11) is 0. The summed E-state index contributed by atoms with van der Waals surface area (Å²) >= 11 is 0. The van der Waals surface area contributed by atoms with Crippen LogP contribution in [-0.4, -0.2) is 13.7 Å². The summed E-state index contributed by atoms with van der Waals surface area (Å²) in [4.78, 5) is 0. The molecule has 14 aromatic rings. The molecule has 14 rings (SSSR count). The number of hydrogen-bond acceptors (Lipinski definition) is 0. The molecule has 0 saturated heterocycles. The van der Waals surface area contributed by atoms with Crippen LogP contribution in [0.15, 0.2) is 249 Å².